The van der Waals surface area contributed by atoms with Crippen LogP contribution in [0.3, 0.4) is 0 Å². The molecular weight excluding hydrogens is 340 g/mol. The van der Waals surface area contributed by atoms with Crippen LogP contribution in [0, 0.1) is 0 Å². The Morgan fingerprint density at radius 2 is 1.00 bits per heavy atom. The first-order chi connectivity index (χ1) is 12.4. The zero-order valence-corrected chi connectivity index (χ0v) is 13.8. The molecule has 2 rings (SSSR count). The number of carboxylic acid groups (broad SMARTS) is 2. The molecule has 0 bridgehead atoms. The third kappa shape index (κ3) is 4.87. The highest BCUT2D eigenvalue weighted by Gasteiger charge is 2.30. The van der Waals surface area contributed by atoms with Crippen LogP contribution in [0.25, 0.3) is 0 Å². The minimum absolute atomic E-state index is 0.279. The largest absolute Gasteiger partial charge is 0.480 e. The fraction of sp³-hybridized carbons (Fsp3) is 0.222. The maximum absolute atomic E-state index is 11.5. The van der Waals surface area contributed by atoms with Crippen molar-refractivity contribution in [3.05, 3.63) is 71.8 Å². The molecule has 8 nitrogen and oxygen atoms in total. The number of carbonyl (C=O) groups is 2. The Labute approximate surface area is 150 Å². The normalized spacial score (nSPS) is 13.5. The molecule has 2 unspecified atom stereocenters. The Morgan fingerprint density at radius 3 is 1.27 bits per heavy atom. The molecule has 0 fully saturated rings. The number of benzene rings is 2. The van der Waals surface area contributed by atoms with E-state index < -0.39 is 24.0 Å². The van der Waals surface area contributed by atoms with Gasteiger partial charge in [-0.25, -0.2) is 0 Å². The van der Waals surface area contributed by atoms with Gasteiger partial charge in [0.25, 0.3) is 0 Å². The summed E-state index contributed by atoms with van der Waals surface area (Å²) in [6.07, 6.45) is 0. The van der Waals surface area contributed by atoms with Gasteiger partial charge in [-0.15, -0.1) is 0 Å². The van der Waals surface area contributed by atoms with E-state index in [9.17, 15) is 30.2 Å². The standard InChI is InChI=1S/C18H20N2O6/c21-17(22)15(13-7-3-1-4-8-13)19(25)11-12-20(26)16(18(23)24)14-9-5-2-6-10-14/h1-10,15-16,25-26H,11-12H2,(H,21,22)(H,23,24). The molecule has 0 aliphatic rings. The monoisotopic (exact) mass is 360 g/mol. The number of hydrogen-bond acceptors (Lipinski definition) is 6. The van der Waals surface area contributed by atoms with Gasteiger partial charge in [0.1, 0.15) is 0 Å². The molecule has 0 aliphatic heterocycles. The Hall–Kier alpha value is -2.78. The van der Waals surface area contributed by atoms with Crippen molar-refractivity contribution in [1.82, 2.24) is 10.1 Å². The number of carboxylic acids is 2. The molecule has 2 aromatic rings. The van der Waals surface area contributed by atoms with Crippen LogP contribution in [0.2, 0.25) is 0 Å². The molecule has 4 N–H and O–H groups in total. The van der Waals surface area contributed by atoms with Gasteiger partial charge in [-0.3, -0.25) is 9.59 Å². The highest BCUT2D eigenvalue weighted by atomic mass is 16.5. The van der Waals surface area contributed by atoms with Gasteiger partial charge >= 0.3 is 11.9 Å². The average molecular weight is 360 g/mol. The topological polar surface area (TPSA) is 122 Å². The van der Waals surface area contributed by atoms with Crippen LogP contribution in [0.1, 0.15) is 23.2 Å². The zero-order valence-electron chi connectivity index (χ0n) is 13.8. The van der Waals surface area contributed by atoms with E-state index >= 15 is 0 Å². The summed E-state index contributed by atoms with van der Waals surface area (Å²) >= 11 is 0. The quantitative estimate of drug-likeness (QED) is 0.501. The lowest BCUT2D eigenvalue weighted by Gasteiger charge is -2.27. The molecule has 138 valence electrons. The Bertz CT molecular complexity index is 661. The molecule has 0 saturated heterocycles. The van der Waals surface area contributed by atoms with Crippen molar-refractivity contribution in [3.63, 3.8) is 0 Å². The van der Waals surface area contributed by atoms with Crippen LogP contribution in [0.15, 0.2) is 60.7 Å². The second-order valence-electron chi connectivity index (χ2n) is 5.63. The number of hydroxylamine groups is 4. The molecule has 8 heteroatoms. The molecule has 0 saturated carbocycles. The van der Waals surface area contributed by atoms with Crippen LogP contribution in [-0.4, -0.2) is 55.8 Å². The Morgan fingerprint density at radius 1 is 0.692 bits per heavy atom. The fourth-order valence-electron chi connectivity index (χ4n) is 2.62. The molecule has 0 heterocycles. The van der Waals surface area contributed by atoms with Gasteiger partial charge in [0.2, 0.25) is 0 Å². The van der Waals surface area contributed by atoms with E-state index in [-0.39, 0.29) is 13.1 Å². The molecule has 0 spiro atoms. The second-order valence-corrected chi connectivity index (χ2v) is 5.63. The van der Waals surface area contributed by atoms with Crippen LogP contribution in [-0.2, 0) is 9.59 Å². The first-order valence-electron chi connectivity index (χ1n) is 7.88. The molecule has 26 heavy (non-hydrogen) atoms. The summed E-state index contributed by atoms with van der Waals surface area (Å²) in [5, 5.41) is 40.1. The molecule has 0 radical (unpaired) electrons. The average Bonchev–Trinajstić information content (AvgIpc) is 2.61. The fourth-order valence-corrected chi connectivity index (χ4v) is 2.62. The summed E-state index contributed by atoms with van der Waals surface area (Å²) < 4.78 is 0. The van der Waals surface area contributed by atoms with E-state index in [1.54, 1.807) is 60.7 Å². The van der Waals surface area contributed by atoms with E-state index in [0.717, 1.165) is 0 Å². The zero-order chi connectivity index (χ0) is 19.1. The summed E-state index contributed by atoms with van der Waals surface area (Å²) in [4.78, 5) is 23.0. The van der Waals surface area contributed by atoms with Crippen molar-refractivity contribution < 1.29 is 30.2 Å². The number of hydrogen-bond donors (Lipinski definition) is 4. The smallest absolute Gasteiger partial charge is 0.327 e. The van der Waals surface area contributed by atoms with Crippen LogP contribution in [0.4, 0.5) is 0 Å². The van der Waals surface area contributed by atoms with Gasteiger partial charge in [0.15, 0.2) is 12.1 Å². The summed E-state index contributed by atoms with van der Waals surface area (Å²) in [6.45, 7) is -0.558. The summed E-state index contributed by atoms with van der Waals surface area (Å²) in [5.41, 5.74) is 0.731. The van der Waals surface area contributed by atoms with E-state index in [4.69, 9.17) is 0 Å². The first kappa shape index (κ1) is 19.5. The van der Waals surface area contributed by atoms with Gasteiger partial charge in [-0.05, 0) is 11.1 Å². The summed E-state index contributed by atoms with van der Waals surface area (Å²) in [6, 6.07) is 13.6. The van der Waals surface area contributed by atoms with Crippen molar-refractivity contribution in [2.75, 3.05) is 13.1 Å². The Balaban J connectivity index is 2.07. The van der Waals surface area contributed by atoms with Crippen molar-refractivity contribution in [2.45, 2.75) is 12.1 Å². The van der Waals surface area contributed by atoms with Gasteiger partial charge in [-0.1, -0.05) is 60.7 Å². The minimum Gasteiger partial charge on any atom is -0.480 e. The molecule has 2 atom stereocenters. The third-order valence-corrected chi connectivity index (χ3v) is 3.85. The van der Waals surface area contributed by atoms with E-state index in [1.807, 2.05) is 0 Å². The maximum Gasteiger partial charge on any atom is 0.327 e. The van der Waals surface area contributed by atoms with Crippen LogP contribution in [0.5, 0.6) is 0 Å². The van der Waals surface area contributed by atoms with Crippen molar-refractivity contribution in [1.29, 1.82) is 0 Å². The summed E-state index contributed by atoms with van der Waals surface area (Å²) in [7, 11) is 0. The lowest BCUT2D eigenvalue weighted by molar-refractivity contribution is -0.194. The Kier molecular flexibility index (Phi) is 6.81. The highest BCUT2D eigenvalue weighted by molar-refractivity contribution is 5.76. The van der Waals surface area contributed by atoms with Crippen LogP contribution >= 0.6 is 0 Å². The number of aliphatic carboxylic acids is 2. The molecule has 0 aromatic heterocycles. The van der Waals surface area contributed by atoms with Crippen LogP contribution < -0.4 is 0 Å². The van der Waals surface area contributed by atoms with E-state index in [2.05, 4.69) is 0 Å². The summed E-state index contributed by atoms with van der Waals surface area (Å²) in [5.74, 6) is -2.53. The van der Waals surface area contributed by atoms with Gasteiger partial charge in [-0.2, -0.15) is 10.1 Å². The predicted octanol–water partition coefficient (Wildman–Crippen LogP) is 2.02. The lowest BCUT2D eigenvalue weighted by atomic mass is 10.1. The SMILES string of the molecule is O=C(O)C(c1ccccc1)N(O)CCN(O)C(C(=O)O)c1ccccc1. The number of nitrogens with zero attached hydrogens (tertiary/aromatic N) is 2. The molecule has 0 aliphatic carbocycles. The molecule has 0 amide bonds. The van der Waals surface area contributed by atoms with Gasteiger partial charge in [0, 0.05) is 13.1 Å². The highest BCUT2D eigenvalue weighted by Crippen LogP contribution is 2.21. The predicted molar refractivity (Wildman–Crippen MR) is 90.6 cm³/mol. The van der Waals surface area contributed by atoms with Crippen molar-refractivity contribution >= 4 is 11.9 Å². The van der Waals surface area contributed by atoms with E-state index in [1.165, 1.54) is 0 Å². The maximum atomic E-state index is 11.5. The lowest BCUT2D eigenvalue weighted by Crippen LogP contribution is -2.40. The van der Waals surface area contributed by atoms with E-state index in [0.29, 0.717) is 21.3 Å². The minimum atomic E-state index is -1.33. The van der Waals surface area contributed by atoms with Gasteiger partial charge < -0.3 is 20.6 Å². The molecular formula is C18H20N2O6. The van der Waals surface area contributed by atoms with Crippen molar-refractivity contribution in [3.8, 4) is 0 Å². The third-order valence-electron chi connectivity index (χ3n) is 3.85. The first-order valence-corrected chi connectivity index (χ1v) is 7.88. The van der Waals surface area contributed by atoms with Crippen molar-refractivity contribution in [2.24, 2.45) is 0 Å². The van der Waals surface area contributed by atoms with Gasteiger partial charge in [0.05, 0.1) is 0 Å². The number of rotatable bonds is 9. The second kappa shape index (κ2) is 9.07. The molecule has 2 aromatic carbocycles.